The Hall–Kier alpha value is -4.04. The zero-order valence-electron chi connectivity index (χ0n) is 18.2. The van der Waals surface area contributed by atoms with E-state index in [9.17, 15) is 4.79 Å². The first kappa shape index (κ1) is 20.8. The molecule has 0 aliphatic rings. The molecular weight excluding hydrogens is 438 g/mol. The number of halogens is 1. The van der Waals surface area contributed by atoms with E-state index >= 15 is 0 Å². The van der Waals surface area contributed by atoms with Crippen LogP contribution < -0.4 is 5.32 Å². The van der Waals surface area contributed by atoms with Crippen molar-refractivity contribution in [1.29, 1.82) is 0 Å². The van der Waals surface area contributed by atoms with E-state index in [0.717, 1.165) is 22.5 Å². The van der Waals surface area contributed by atoms with Crippen molar-refractivity contribution in [3.8, 4) is 11.5 Å². The van der Waals surface area contributed by atoms with Gasteiger partial charge in [0.15, 0.2) is 11.5 Å². The quantitative estimate of drug-likeness (QED) is 0.417. The normalized spacial score (nSPS) is 11.2. The van der Waals surface area contributed by atoms with Crippen molar-refractivity contribution in [2.75, 3.05) is 5.32 Å². The molecule has 1 amide bonds. The van der Waals surface area contributed by atoms with Gasteiger partial charge in [0.1, 0.15) is 12.1 Å². The molecule has 3 heterocycles. The Kier molecular flexibility index (Phi) is 5.14. The molecule has 3 aromatic heterocycles. The van der Waals surface area contributed by atoms with Gasteiger partial charge in [0, 0.05) is 16.7 Å². The molecule has 0 atom stereocenters. The number of aryl methyl sites for hydroxylation is 3. The van der Waals surface area contributed by atoms with Gasteiger partial charge in [0.05, 0.1) is 23.0 Å². The van der Waals surface area contributed by atoms with Crippen LogP contribution in [0, 0.1) is 20.8 Å². The lowest BCUT2D eigenvalue weighted by molar-refractivity contribution is 0.102. The number of anilines is 1. The van der Waals surface area contributed by atoms with Gasteiger partial charge < -0.3 is 5.32 Å². The number of aromatic nitrogens is 6. The first-order valence-electron chi connectivity index (χ1n) is 10.3. The van der Waals surface area contributed by atoms with Crippen LogP contribution in [0.15, 0.2) is 61.1 Å². The van der Waals surface area contributed by atoms with Crippen LogP contribution in [-0.2, 0) is 0 Å². The highest BCUT2D eigenvalue weighted by atomic mass is 35.5. The highest BCUT2D eigenvalue weighted by molar-refractivity contribution is 6.30. The number of hydrogen-bond donors (Lipinski definition) is 1. The lowest BCUT2D eigenvalue weighted by Gasteiger charge is -2.10. The maximum Gasteiger partial charge on any atom is 0.256 e. The first-order valence-corrected chi connectivity index (χ1v) is 10.7. The maximum absolute atomic E-state index is 12.9. The van der Waals surface area contributed by atoms with Gasteiger partial charge in [-0.15, -0.1) is 0 Å². The fraction of sp³-hybridized carbons (Fsp3) is 0.125. The molecule has 9 heteroatoms. The van der Waals surface area contributed by atoms with E-state index in [4.69, 9.17) is 11.6 Å². The number of hydrogen-bond acceptors (Lipinski definition) is 5. The van der Waals surface area contributed by atoms with E-state index in [1.807, 2.05) is 51.1 Å². The van der Waals surface area contributed by atoms with Crippen molar-refractivity contribution in [3.05, 3.63) is 88.5 Å². The highest BCUT2D eigenvalue weighted by Gasteiger charge is 2.18. The van der Waals surface area contributed by atoms with Crippen LogP contribution in [0.4, 0.5) is 5.82 Å². The van der Waals surface area contributed by atoms with Crippen molar-refractivity contribution in [1.82, 2.24) is 29.5 Å². The molecule has 0 aliphatic carbocycles. The molecule has 5 aromatic rings. The van der Waals surface area contributed by atoms with Gasteiger partial charge >= 0.3 is 0 Å². The van der Waals surface area contributed by atoms with E-state index in [2.05, 4.69) is 25.5 Å². The standard InChI is InChI=1S/C24H20ClN7O/c1-14-4-5-17(10-15(14)2)24(33)29-21-11-16(3)30-32(21)23-20-12-28-31(22(20)26-13-27-23)19-8-6-18(25)7-9-19/h4-13H,1-3H3,(H,29,33). The summed E-state index contributed by atoms with van der Waals surface area (Å²) in [6.07, 6.45) is 3.14. The average Bonchev–Trinajstić information content (AvgIpc) is 3.39. The molecule has 0 spiro atoms. The smallest absolute Gasteiger partial charge is 0.256 e. The average molecular weight is 458 g/mol. The minimum Gasteiger partial charge on any atom is -0.306 e. The second-order valence-electron chi connectivity index (χ2n) is 7.80. The van der Waals surface area contributed by atoms with Crippen molar-refractivity contribution in [2.45, 2.75) is 20.8 Å². The van der Waals surface area contributed by atoms with Crippen LogP contribution in [-0.4, -0.2) is 35.4 Å². The van der Waals surface area contributed by atoms with Gasteiger partial charge in [0.25, 0.3) is 5.91 Å². The number of nitrogens with zero attached hydrogens (tertiary/aromatic N) is 6. The molecule has 33 heavy (non-hydrogen) atoms. The summed E-state index contributed by atoms with van der Waals surface area (Å²) in [6, 6.07) is 14.7. The number of amides is 1. The molecule has 0 saturated heterocycles. The molecule has 5 rings (SSSR count). The van der Waals surface area contributed by atoms with Crippen LogP contribution in [0.1, 0.15) is 27.2 Å². The lowest BCUT2D eigenvalue weighted by Crippen LogP contribution is -2.16. The van der Waals surface area contributed by atoms with Crippen LogP contribution in [0.25, 0.3) is 22.5 Å². The second kappa shape index (κ2) is 8.14. The zero-order valence-corrected chi connectivity index (χ0v) is 19.0. The summed E-state index contributed by atoms with van der Waals surface area (Å²) in [4.78, 5) is 21.8. The summed E-state index contributed by atoms with van der Waals surface area (Å²) in [5.74, 6) is 0.806. The molecule has 0 saturated carbocycles. The van der Waals surface area contributed by atoms with Crippen LogP contribution in [0.2, 0.25) is 5.02 Å². The molecule has 0 unspecified atom stereocenters. The fourth-order valence-corrected chi connectivity index (χ4v) is 3.72. The predicted molar refractivity (Wildman–Crippen MR) is 127 cm³/mol. The van der Waals surface area contributed by atoms with Gasteiger partial charge in [-0.05, 0) is 68.3 Å². The molecular formula is C24H20ClN7O. The molecule has 0 bridgehead atoms. The third kappa shape index (κ3) is 3.85. The molecule has 0 fully saturated rings. The Labute approximate surface area is 194 Å². The van der Waals surface area contributed by atoms with Gasteiger partial charge in [-0.1, -0.05) is 17.7 Å². The Balaban J connectivity index is 1.55. The van der Waals surface area contributed by atoms with E-state index in [1.165, 1.54) is 6.33 Å². The molecule has 2 aromatic carbocycles. The molecule has 1 N–H and O–H groups in total. The summed E-state index contributed by atoms with van der Waals surface area (Å²) < 4.78 is 3.31. The second-order valence-corrected chi connectivity index (χ2v) is 8.24. The number of carbonyl (C=O) groups is 1. The summed E-state index contributed by atoms with van der Waals surface area (Å²) in [6.45, 7) is 5.86. The number of nitrogens with one attached hydrogen (secondary N) is 1. The summed E-state index contributed by atoms with van der Waals surface area (Å²) >= 11 is 6.02. The number of benzene rings is 2. The van der Waals surface area contributed by atoms with E-state index in [0.29, 0.717) is 33.3 Å². The third-order valence-electron chi connectivity index (χ3n) is 5.46. The SMILES string of the molecule is Cc1cc(NC(=O)c2ccc(C)c(C)c2)n(-c2ncnc3c2cnn3-c2ccc(Cl)cc2)n1. The van der Waals surface area contributed by atoms with E-state index in [1.54, 1.807) is 33.8 Å². The summed E-state index contributed by atoms with van der Waals surface area (Å²) in [5, 5.41) is 13.3. The monoisotopic (exact) mass is 457 g/mol. The Bertz CT molecular complexity index is 1500. The summed E-state index contributed by atoms with van der Waals surface area (Å²) in [5.41, 5.74) is 4.93. The number of rotatable bonds is 4. The van der Waals surface area contributed by atoms with Crippen molar-refractivity contribution >= 4 is 34.4 Å². The molecule has 0 aliphatic heterocycles. The van der Waals surface area contributed by atoms with Gasteiger partial charge in [-0.25, -0.2) is 14.6 Å². The molecule has 0 radical (unpaired) electrons. The molecule has 8 nitrogen and oxygen atoms in total. The number of fused-ring (bicyclic) bond motifs is 1. The van der Waals surface area contributed by atoms with Gasteiger partial charge in [-0.2, -0.15) is 14.9 Å². The Morgan fingerprint density at radius 3 is 2.48 bits per heavy atom. The van der Waals surface area contributed by atoms with E-state index in [-0.39, 0.29) is 5.91 Å². The Morgan fingerprint density at radius 1 is 0.939 bits per heavy atom. The third-order valence-corrected chi connectivity index (χ3v) is 5.71. The van der Waals surface area contributed by atoms with E-state index < -0.39 is 0 Å². The van der Waals surface area contributed by atoms with Crippen molar-refractivity contribution in [2.24, 2.45) is 0 Å². The van der Waals surface area contributed by atoms with Crippen LogP contribution in [0.5, 0.6) is 0 Å². The lowest BCUT2D eigenvalue weighted by atomic mass is 10.1. The number of carbonyl (C=O) groups excluding carboxylic acids is 1. The highest BCUT2D eigenvalue weighted by Crippen LogP contribution is 2.25. The molecule has 164 valence electrons. The topological polar surface area (TPSA) is 90.5 Å². The summed E-state index contributed by atoms with van der Waals surface area (Å²) in [7, 11) is 0. The van der Waals surface area contributed by atoms with Crippen LogP contribution >= 0.6 is 11.6 Å². The van der Waals surface area contributed by atoms with Crippen molar-refractivity contribution < 1.29 is 4.79 Å². The largest absolute Gasteiger partial charge is 0.306 e. The minimum absolute atomic E-state index is 0.221. The predicted octanol–water partition coefficient (Wildman–Crippen LogP) is 4.83. The first-order chi connectivity index (χ1) is 15.9. The fourth-order valence-electron chi connectivity index (χ4n) is 3.59. The maximum atomic E-state index is 12.9. The van der Waals surface area contributed by atoms with Crippen LogP contribution in [0.3, 0.4) is 0 Å². The van der Waals surface area contributed by atoms with Crippen molar-refractivity contribution in [3.63, 3.8) is 0 Å². The Morgan fingerprint density at radius 2 is 1.73 bits per heavy atom. The zero-order chi connectivity index (χ0) is 23.1. The van der Waals surface area contributed by atoms with Gasteiger partial charge in [0.2, 0.25) is 0 Å². The van der Waals surface area contributed by atoms with Gasteiger partial charge in [-0.3, -0.25) is 4.79 Å². The minimum atomic E-state index is -0.221.